The maximum absolute atomic E-state index is 11.1. The van der Waals surface area contributed by atoms with Gasteiger partial charge in [0.25, 0.3) is 0 Å². The fourth-order valence-corrected chi connectivity index (χ4v) is 2.16. The molecule has 0 saturated carbocycles. The van der Waals surface area contributed by atoms with Gasteiger partial charge in [-0.3, -0.25) is 4.90 Å². The predicted molar refractivity (Wildman–Crippen MR) is 60.8 cm³/mol. The highest BCUT2D eigenvalue weighted by atomic mass is 16.4. The molecule has 3 rings (SSSR count). The maximum Gasteiger partial charge on any atom is 0.408 e. The van der Waals surface area contributed by atoms with Crippen LogP contribution in [0.15, 0.2) is 22.8 Å². The molecular formula is C11H12N4O3. The van der Waals surface area contributed by atoms with E-state index in [-0.39, 0.29) is 12.6 Å². The standard InChI is InChI=1S/C11H12N4O3/c1-7-5-15-9(6-14(7)11(16)17)12-13-10(15)8-3-2-4-18-8/h2-4,7H,5-6H2,1H3,(H,16,17). The summed E-state index contributed by atoms with van der Waals surface area (Å²) in [7, 11) is 0. The van der Waals surface area contributed by atoms with Crippen molar-refractivity contribution < 1.29 is 14.3 Å². The van der Waals surface area contributed by atoms with Crippen molar-refractivity contribution in [2.75, 3.05) is 0 Å². The minimum Gasteiger partial charge on any atom is -0.465 e. The molecule has 0 fully saturated rings. The van der Waals surface area contributed by atoms with Crippen molar-refractivity contribution in [3.05, 3.63) is 24.2 Å². The molecule has 0 saturated heterocycles. The Balaban J connectivity index is 1.99. The topological polar surface area (TPSA) is 84.4 Å². The molecule has 94 valence electrons. The number of amides is 1. The minimum atomic E-state index is -0.934. The Labute approximate surface area is 103 Å². The normalized spacial score (nSPS) is 18.7. The zero-order valence-electron chi connectivity index (χ0n) is 9.78. The second-order valence-electron chi connectivity index (χ2n) is 4.29. The largest absolute Gasteiger partial charge is 0.465 e. The quantitative estimate of drug-likeness (QED) is 0.825. The fraction of sp³-hybridized carbons (Fsp3) is 0.364. The summed E-state index contributed by atoms with van der Waals surface area (Å²) in [4.78, 5) is 12.4. The lowest BCUT2D eigenvalue weighted by atomic mass is 10.2. The summed E-state index contributed by atoms with van der Waals surface area (Å²) >= 11 is 0. The molecule has 0 aliphatic carbocycles. The lowest BCUT2D eigenvalue weighted by Crippen LogP contribution is -2.44. The summed E-state index contributed by atoms with van der Waals surface area (Å²) in [5.41, 5.74) is 0. The number of rotatable bonds is 1. The Hall–Kier alpha value is -2.31. The Kier molecular flexibility index (Phi) is 2.32. The summed E-state index contributed by atoms with van der Waals surface area (Å²) in [6, 6.07) is 3.48. The number of aromatic nitrogens is 3. The van der Waals surface area contributed by atoms with Crippen LogP contribution in [0.4, 0.5) is 4.79 Å². The number of furan rings is 1. The van der Waals surface area contributed by atoms with Crippen LogP contribution in [0.25, 0.3) is 11.6 Å². The summed E-state index contributed by atoms with van der Waals surface area (Å²) in [6.07, 6.45) is 0.642. The third-order valence-corrected chi connectivity index (χ3v) is 3.11. The molecule has 18 heavy (non-hydrogen) atoms. The molecule has 0 spiro atoms. The van der Waals surface area contributed by atoms with E-state index in [0.29, 0.717) is 24.0 Å². The smallest absolute Gasteiger partial charge is 0.408 e. The summed E-state index contributed by atoms with van der Waals surface area (Å²) in [6.45, 7) is 2.65. The number of nitrogens with zero attached hydrogens (tertiary/aromatic N) is 4. The van der Waals surface area contributed by atoms with Crippen LogP contribution in [0.3, 0.4) is 0 Å². The molecule has 1 aliphatic rings. The van der Waals surface area contributed by atoms with E-state index in [0.717, 1.165) is 0 Å². The Bertz CT molecular complexity index is 575. The van der Waals surface area contributed by atoms with Gasteiger partial charge >= 0.3 is 6.09 Å². The second kappa shape index (κ2) is 3.86. The lowest BCUT2D eigenvalue weighted by molar-refractivity contribution is 0.107. The van der Waals surface area contributed by atoms with E-state index in [1.54, 1.807) is 12.3 Å². The van der Waals surface area contributed by atoms with E-state index in [1.165, 1.54) is 4.90 Å². The van der Waals surface area contributed by atoms with Crippen LogP contribution >= 0.6 is 0 Å². The highest BCUT2D eigenvalue weighted by molar-refractivity contribution is 5.65. The Morgan fingerprint density at radius 2 is 2.39 bits per heavy atom. The molecule has 0 bridgehead atoms. The van der Waals surface area contributed by atoms with Gasteiger partial charge in [0.15, 0.2) is 17.4 Å². The van der Waals surface area contributed by atoms with E-state index in [4.69, 9.17) is 9.52 Å². The highest BCUT2D eigenvalue weighted by Gasteiger charge is 2.30. The van der Waals surface area contributed by atoms with E-state index in [9.17, 15) is 4.79 Å². The van der Waals surface area contributed by atoms with Gasteiger partial charge in [-0.05, 0) is 19.1 Å². The molecule has 2 aromatic heterocycles. The zero-order chi connectivity index (χ0) is 12.7. The molecular weight excluding hydrogens is 236 g/mol. The molecule has 7 heteroatoms. The van der Waals surface area contributed by atoms with Crippen molar-refractivity contribution in [2.24, 2.45) is 0 Å². The monoisotopic (exact) mass is 248 g/mol. The van der Waals surface area contributed by atoms with Crippen molar-refractivity contribution in [3.63, 3.8) is 0 Å². The van der Waals surface area contributed by atoms with Gasteiger partial charge in [0.1, 0.15) is 0 Å². The highest BCUT2D eigenvalue weighted by Crippen LogP contribution is 2.24. The van der Waals surface area contributed by atoms with Gasteiger partial charge in [-0.15, -0.1) is 10.2 Å². The van der Waals surface area contributed by atoms with Crippen LogP contribution in [-0.2, 0) is 13.1 Å². The molecule has 1 N–H and O–H groups in total. The van der Waals surface area contributed by atoms with Crippen molar-refractivity contribution in [2.45, 2.75) is 26.1 Å². The summed E-state index contributed by atoms with van der Waals surface area (Å²) in [5, 5.41) is 17.2. The van der Waals surface area contributed by atoms with Gasteiger partial charge < -0.3 is 14.1 Å². The first-order valence-corrected chi connectivity index (χ1v) is 5.62. The molecule has 2 aromatic rings. The van der Waals surface area contributed by atoms with Crippen LogP contribution in [0.2, 0.25) is 0 Å². The average Bonchev–Trinajstić information content (AvgIpc) is 2.94. The number of carboxylic acid groups (broad SMARTS) is 1. The molecule has 1 unspecified atom stereocenters. The molecule has 0 aromatic carbocycles. The van der Waals surface area contributed by atoms with Crippen LogP contribution in [0, 0.1) is 0 Å². The van der Waals surface area contributed by atoms with E-state index < -0.39 is 6.09 Å². The molecule has 1 aliphatic heterocycles. The third-order valence-electron chi connectivity index (χ3n) is 3.11. The van der Waals surface area contributed by atoms with Gasteiger partial charge in [-0.25, -0.2) is 4.79 Å². The minimum absolute atomic E-state index is 0.111. The number of fused-ring (bicyclic) bond motifs is 1. The summed E-state index contributed by atoms with van der Waals surface area (Å²) < 4.78 is 7.21. The van der Waals surface area contributed by atoms with Crippen LogP contribution < -0.4 is 0 Å². The van der Waals surface area contributed by atoms with Crippen molar-refractivity contribution in [1.82, 2.24) is 19.7 Å². The Morgan fingerprint density at radius 1 is 1.56 bits per heavy atom. The first-order chi connectivity index (χ1) is 8.66. The SMILES string of the molecule is CC1Cn2c(nnc2-c2ccco2)CN1C(=O)O. The van der Waals surface area contributed by atoms with Crippen LogP contribution in [0.5, 0.6) is 0 Å². The maximum atomic E-state index is 11.1. The van der Waals surface area contributed by atoms with Crippen molar-refractivity contribution >= 4 is 6.09 Å². The number of hydrogen-bond acceptors (Lipinski definition) is 4. The van der Waals surface area contributed by atoms with Gasteiger partial charge in [0.05, 0.1) is 18.8 Å². The van der Waals surface area contributed by atoms with Crippen LogP contribution in [-0.4, -0.2) is 36.9 Å². The zero-order valence-corrected chi connectivity index (χ0v) is 9.78. The molecule has 1 atom stereocenters. The van der Waals surface area contributed by atoms with E-state index in [2.05, 4.69) is 10.2 Å². The molecule has 0 radical (unpaired) electrons. The van der Waals surface area contributed by atoms with Crippen LogP contribution in [0.1, 0.15) is 12.7 Å². The van der Waals surface area contributed by atoms with Crippen molar-refractivity contribution in [1.29, 1.82) is 0 Å². The number of hydrogen-bond donors (Lipinski definition) is 1. The number of carbonyl (C=O) groups is 1. The van der Waals surface area contributed by atoms with Crippen molar-refractivity contribution in [3.8, 4) is 11.6 Å². The molecule has 1 amide bonds. The first kappa shape index (κ1) is 10.8. The first-order valence-electron chi connectivity index (χ1n) is 5.62. The molecule has 7 nitrogen and oxygen atoms in total. The third kappa shape index (κ3) is 1.55. The second-order valence-corrected chi connectivity index (χ2v) is 4.29. The average molecular weight is 248 g/mol. The Morgan fingerprint density at radius 3 is 3.06 bits per heavy atom. The van der Waals surface area contributed by atoms with Gasteiger partial charge in [-0.1, -0.05) is 0 Å². The van der Waals surface area contributed by atoms with Gasteiger partial charge in [0, 0.05) is 6.54 Å². The summed E-state index contributed by atoms with van der Waals surface area (Å²) in [5.74, 6) is 1.93. The van der Waals surface area contributed by atoms with Gasteiger partial charge in [-0.2, -0.15) is 0 Å². The van der Waals surface area contributed by atoms with E-state index in [1.807, 2.05) is 17.6 Å². The fourth-order valence-electron chi connectivity index (χ4n) is 2.16. The molecule has 3 heterocycles. The predicted octanol–water partition coefficient (Wildman–Crippen LogP) is 1.42. The van der Waals surface area contributed by atoms with Gasteiger partial charge in [0.2, 0.25) is 0 Å². The van der Waals surface area contributed by atoms with E-state index >= 15 is 0 Å². The lowest BCUT2D eigenvalue weighted by Gasteiger charge is -2.31.